The molecule has 1 N–H and O–H groups in total. The molecule has 1 atom stereocenters. The number of carbonyl (C=O) groups is 1. The zero-order chi connectivity index (χ0) is 21.8. The Morgan fingerprint density at radius 3 is 2.48 bits per heavy atom. The van der Waals surface area contributed by atoms with Crippen LogP contribution in [-0.4, -0.2) is 28.9 Å². The van der Waals surface area contributed by atoms with Crippen LogP contribution >= 0.6 is 11.6 Å². The number of rotatable bonds is 7. The van der Waals surface area contributed by atoms with E-state index in [-0.39, 0.29) is 18.6 Å². The molecule has 0 saturated heterocycles. The molecule has 31 heavy (non-hydrogen) atoms. The second-order valence-corrected chi connectivity index (χ2v) is 7.91. The Bertz CT molecular complexity index is 1180. The minimum absolute atomic E-state index is 0.0811. The lowest BCUT2D eigenvalue weighted by Gasteiger charge is -2.31. The van der Waals surface area contributed by atoms with E-state index in [1.807, 2.05) is 48.4 Å². The molecular formula is C26H25ClN2O2. The van der Waals surface area contributed by atoms with Gasteiger partial charge in [-0.15, -0.1) is 0 Å². The normalized spacial score (nSPS) is 12.0. The highest BCUT2D eigenvalue weighted by molar-refractivity contribution is 6.32. The van der Waals surface area contributed by atoms with Crippen LogP contribution in [0.15, 0.2) is 79.0 Å². The summed E-state index contributed by atoms with van der Waals surface area (Å²) in [6.45, 7) is 4.51. The minimum atomic E-state index is -0.232. The second-order valence-electron chi connectivity index (χ2n) is 7.50. The average Bonchev–Trinajstić information content (AvgIpc) is 3.21. The first kappa shape index (κ1) is 21.0. The summed E-state index contributed by atoms with van der Waals surface area (Å²) in [6.07, 6.45) is 2.00. The van der Waals surface area contributed by atoms with Crippen LogP contribution in [0, 0.1) is 6.92 Å². The SMILES string of the molecule is CCN(C(=O)COc1ccccc1Cl)C(c1ccc(C)cc1)c1c[nH]c2ccccc12. The predicted octanol–water partition coefficient (Wildman–Crippen LogP) is 6.15. The third-order valence-corrected chi connectivity index (χ3v) is 5.78. The first-order valence-electron chi connectivity index (χ1n) is 10.4. The summed E-state index contributed by atoms with van der Waals surface area (Å²) in [6, 6.07) is 23.4. The molecule has 0 radical (unpaired) electrons. The van der Waals surface area contributed by atoms with E-state index in [0.717, 1.165) is 22.0 Å². The summed E-state index contributed by atoms with van der Waals surface area (Å²) in [4.78, 5) is 18.5. The van der Waals surface area contributed by atoms with E-state index in [0.29, 0.717) is 17.3 Å². The van der Waals surface area contributed by atoms with Crippen molar-refractivity contribution in [2.45, 2.75) is 19.9 Å². The smallest absolute Gasteiger partial charge is 0.261 e. The molecule has 1 unspecified atom stereocenters. The number of benzene rings is 3. The van der Waals surface area contributed by atoms with Gasteiger partial charge in [-0.1, -0.05) is 71.8 Å². The Kier molecular flexibility index (Phi) is 6.28. The lowest BCUT2D eigenvalue weighted by Crippen LogP contribution is -2.38. The van der Waals surface area contributed by atoms with Crippen molar-refractivity contribution in [1.29, 1.82) is 0 Å². The molecular weight excluding hydrogens is 408 g/mol. The Morgan fingerprint density at radius 1 is 1.03 bits per heavy atom. The maximum atomic E-state index is 13.3. The molecule has 1 heterocycles. The third-order valence-electron chi connectivity index (χ3n) is 5.47. The van der Waals surface area contributed by atoms with Gasteiger partial charge >= 0.3 is 0 Å². The van der Waals surface area contributed by atoms with Gasteiger partial charge in [0.1, 0.15) is 5.75 Å². The molecule has 3 aromatic carbocycles. The van der Waals surface area contributed by atoms with Crippen molar-refractivity contribution in [2.75, 3.05) is 13.2 Å². The summed E-state index contributed by atoms with van der Waals surface area (Å²) in [7, 11) is 0. The molecule has 1 amide bonds. The largest absolute Gasteiger partial charge is 0.482 e. The van der Waals surface area contributed by atoms with Crippen LogP contribution in [0.1, 0.15) is 29.7 Å². The molecule has 0 aliphatic heterocycles. The van der Waals surface area contributed by atoms with Crippen LogP contribution < -0.4 is 4.74 Å². The number of fused-ring (bicyclic) bond motifs is 1. The van der Waals surface area contributed by atoms with E-state index in [4.69, 9.17) is 16.3 Å². The molecule has 5 heteroatoms. The minimum Gasteiger partial charge on any atom is -0.482 e. The van der Waals surface area contributed by atoms with Crippen LogP contribution in [0.4, 0.5) is 0 Å². The molecule has 0 spiro atoms. The number of para-hydroxylation sites is 2. The lowest BCUT2D eigenvalue weighted by atomic mass is 9.95. The first-order valence-corrected chi connectivity index (χ1v) is 10.8. The third kappa shape index (κ3) is 4.44. The molecule has 4 rings (SSSR count). The lowest BCUT2D eigenvalue weighted by molar-refractivity contribution is -0.134. The number of nitrogens with one attached hydrogen (secondary N) is 1. The van der Waals surface area contributed by atoms with Crippen molar-refractivity contribution in [3.63, 3.8) is 0 Å². The zero-order valence-corrected chi connectivity index (χ0v) is 18.4. The molecule has 4 aromatic rings. The van der Waals surface area contributed by atoms with E-state index in [1.54, 1.807) is 12.1 Å². The van der Waals surface area contributed by atoms with Gasteiger partial charge in [-0.25, -0.2) is 0 Å². The van der Waals surface area contributed by atoms with Crippen LogP contribution in [0.5, 0.6) is 5.75 Å². The number of aromatic amines is 1. The second kappa shape index (κ2) is 9.27. The standard InChI is InChI=1S/C26H25ClN2O2/c1-3-29(25(30)17-31-24-11-7-5-9-22(24)27)26(19-14-12-18(2)13-15-19)21-16-28-23-10-6-4-8-20(21)23/h4-16,26,28H,3,17H2,1-2H3. The number of aryl methyl sites for hydroxylation is 1. The van der Waals surface area contributed by atoms with Gasteiger partial charge in [0.25, 0.3) is 5.91 Å². The van der Waals surface area contributed by atoms with Gasteiger partial charge in [0, 0.05) is 29.2 Å². The van der Waals surface area contributed by atoms with Gasteiger partial charge < -0.3 is 14.6 Å². The Hall–Kier alpha value is -3.24. The quantitative estimate of drug-likeness (QED) is 0.381. The molecule has 0 bridgehead atoms. The number of hydrogen-bond donors (Lipinski definition) is 1. The Morgan fingerprint density at radius 2 is 1.74 bits per heavy atom. The summed E-state index contributed by atoms with van der Waals surface area (Å²) >= 11 is 6.19. The van der Waals surface area contributed by atoms with Crippen LogP contribution in [-0.2, 0) is 4.79 Å². The van der Waals surface area contributed by atoms with Crippen LogP contribution in [0.2, 0.25) is 5.02 Å². The number of halogens is 1. The topological polar surface area (TPSA) is 45.3 Å². The van der Waals surface area contributed by atoms with Gasteiger partial charge in [-0.05, 0) is 37.6 Å². The fraction of sp³-hybridized carbons (Fsp3) is 0.192. The molecule has 0 fully saturated rings. The maximum absolute atomic E-state index is 13.3. The number of hydrogen-bond acceptors (Lipinski definition) is 2. The van der Waals surface area contributed by atoms with Crippen molar-refractivity contribution in [3.05, 3.63) is 101 Å². The average molecular weight is 433 g/mol. The number of H-pyrrole nitrogens is 1. The maximum Gasteiger partial charge on any atom is 0.261 e. The molecule has 158 valence electrons. The summed E-state index contributed by atoms with van der Waals surface area (Å²) < 4.78 is 5.76. The van der Waals surface area contributed by atoms with Gasteiger partial charge in [0.15, 0.2) is 6.61 Å². The van der Waals surface area contributed by atoms with E-state index in [1.165, 1.54) is 5.56 Å². The monoisotopic (exact) mass is 432 g/mol. The van der Waals surface area contributed by atoms with Crippen molar-refractivity contribution < 1.29 is 9.53 Å². The van der Waals surface area contributed by atoms with Gasteiger partial charge in [0.05, 0.1) is 11.1 Å². The van der Waals surface area contributed by atoms with E-state index < -0.39 is 0 Å². The van der Waals surface area contributed by atoms with Gasteiger partial charge in [-0.3, -0.25) is 4.79 Å². The zero-order valence-electron chi connectivity index (χ0n) is 17.6. The number of aromatic nitrogens is 1. The molecule has 4 nitrogen and oxygen atoms in total. The molecule has 0 aliphatic rings. The fourth-order valence-corrected chi connectivity index (χ4v) is 4.07. The number of nitrogens with zero attached hydrogens (tertiary/aromatic N) is 1. The highest BCUT2D eigenvalue weighted by Crippen LogP contribution is 2.34. The molecule has 1 aromatic heterocycles. The number of ether oxygens (including phenoxy) is 1. The van der Waals surface area contributed by atoms with Crippen LogP contribution in [0.25, 0.3) is 10.9 Å². The summed E-state index contributed by atoms with van der Waals surface area (Å²) in [5.41, 5.74) is 4.35. The van der Waals surface area contributed by atoms with E-state index in [9.17, 15) is 4.79 Å². The Labute approximate surface area is 187 Å². The highest BCUT2D eigenvalue weighted by Gasteiger charge is 2.28. The van der Waals surface area contributed by atoms with Crippen molar-refractivity contribution in [3.8, 4) is 5.75 Å². The van der Waals surface area contributed by atoms with Gasteiger partial charge in [0.2, 0.25) is 0 Å². The summed E-state index contributed by atoms with van der Waals surface area (Å²) in [5.74, 6) is 0.408. The molecule has 0 aliphatic carbocycles. The number of carbonyl (C=O) groups excluding carboxylic acids is 1. The summed E-state index contributed by atoms with van der Waals surface area (Å²) in [5, 5.41) is 1.59. The highest BCUT2D eigenvalue weighted by atomic mass is 35.5. The van der Waals surface area contributed by atoms with Crippen molar-refractivity contribution >= 4 is 28.4 Å². The van der Waals surface area contributed by atoms with Gasteiger partial charge in [-0.2, -0.15) is 0 Å². The number of amides is 1. The predicted molar refractivity (Wildman–Crippen MR) is 126 cm³/mol. The first-order chi connectivity index (χ1) is 15.1. The van der Waals surface area contributed by atoms with E-state index >= 15 is 0 Å². The van der Waals surface area contributed by atoms with Crippen molar-refractivity contribution in [1.82, 2.24) is 9.88 Å². The van der Waals surface area contributed by atoms with Crippen molar-refractivity contribution in [2.24, 2.45) is 0 Å². The van der Waals surface area contributed by atoms with Crippen LogP contribution in [0.3, 0.4) is 0 Å². The Balaban J connectivity index is 1.69. The molecule has 0 saturated carbocycles. The fourth-order valence-electron chi connectivity index (χ4n) is 3.88. The van der Waals surface area contributed by atoms with E-state index in [2.05, 4.69) is 42.2 Å². The number of likely N-dealkylation sites (N-methyl/N-ethyl adjacent to an activating group) is 1.